The molecular formula is C26H28F2N6O2. The first kappa shape index (κ1) is 24.1. The minimum absolute atomic E-state index is 0.162. The van der Waals surface area contributed by atoms with Crippen LogP contribution < -0.4 is 10.1 Å². The topological polar surface area (TPSA) is 77.3 Å². The number of benzene rings is 2. The van der Waals surface area contributed by atoms with E-state index < -0.39 is 6.61 Å². The van der Waals surface area contributed by atoms with Gasteiger partial charge in [0.25, 0.3) is 0 Å². The van der Waals surface area contributed by atoms with Crippen LogP contribution in [0.3, 0.4) is 0 Å². The van der Waals surface area contributed by atoms with E-state index in [1.165, 1.54) is 0 Å². The maximum Gasteiger partial charge on any atom is 0.387 e. The molecule has 0 saturated carbocycles. The number of halogens is 2. The fourth-order valence-corrected chi connectivity index (χ4v) is 4.36. The molecule has 0 spiro atoms. The Hall–Kier alpha value is -3.63. The van der Waals surface area contributed by atoms with Crippen molar-refractivity contribution in [2.45, 2.75) is 20.1 Å². The number of rotatable bonds is 9. The van der Waals surface area contributed by atoms with Crippen molar-refractivity contribution in [1.82, 2.24) is 24.4 Å². The molecule has 0 aliphatic carbocycles. The zero-order valence-electron chi connectivity index (χ0n) is 20.0. The Morgan fingerprint density at radius 1 is 1.06 bits per heavy atom. The van der Waals surface area contributed by atoms with Gasteiger partial charge in [0.2, 0.25) is 5.95 Å². The Bertz CT molecular complexity index is 1310. The normalized spacial score (nSPS) is 14.4. The van der Waals surface area contributed by atoms with E-state index in [2.05, 4.69) is 25.2 Å². The van der Waals surface area contributed by atoms with Gasteiger partial charge in [-0.15, -0.1) is 0 Å². The van der Waals surface area contributed by atoms with Crippen molar-refractivity contribution >= 4 is 17.0 Å². The molecule has 3 heterocycles. The van der Waals surface area contributed by atoms with E-state index in [0.29, 0.717) is 18.1 Å². The summed E-state index contributed by atoms with van der Waals surface area (Å²) in [5, 5.41) is 3.27. The van der Waals surface area contributed by atoms with E-state index in [1.54, 1.807) is 36.7 Å². The van der Waals surface area contributed by atoms with Gasteiger partial charge in [-0.25, -0.2) is 15.0 Å². The average molecular weight is 495 g/mol. The summed E-state index contributed by atoms with van der Waals surface area (Å²) < 4.78 is 37.8. The summed E-state index contributed by atoms with van der Waals surface area (Å²) >= 11 is 0. The lowest BCUT2D eigenvalue weighted by Crippen LogP contribution is -2.39. The summed E-state index contributed by atoms with van der Waals surface area (Å²) in [6.07, 6.45) is 3.59. The summed E-state index contributed by atoms with van der Waals surface area (Å²) in [7, 11) is 0. The van der Waals surface area contributed by atoms with E-state index in [9.17, 15) is 8.78 Å². The lowest BCUT2D eigenvalue weighted by Gasteiger charge is -2.26. The number of para-hydroxylation sites is 1. The van der Waals surface area contributed by atoms with E-state index in [0.717, 1.165) is 67.4 Å². The van der Waals surface area contributed by atoms with Crippen molar-refractivity contribution in [2.24, 2.45) is 0 Å². The predicted molar refractivity (Wildman–Crippen MR) is 133 cm³/mol. The molecule has 0 atom stereocenters. The molecule has 2 aromatic heterocycles. The van der Waals surface area contributed by atoms with Gasteiger partial charge in [0.15, 0.2) is 0 Å². The van der Waals surface area contributed by atoms with Gasteiger partial charge >= 0.3 is 6.61 Å². The van der Waals surface area contributed by atoms with Crippen LogP contribution in [0.2, 0.25) is 0 Å². The Kier molecular flexibility index (Phi) is 7.33. The van der Waals surface area contributed by atoms with Gasteiger partial charge in [-0.3, -0.25) is 4.90 Å². The SMILES string of the molecule is Cc1nc2ccc(-c3cnc(NCCN4CCOCC4)nc3)cc2n1Cc1ccccc1OC(F)F. The maximum absolute atomic E-state index is 12.9. The molecule has 0 unspecified atom stereocenters. The number of hydrogen-bond acceptors (Lipinski definition) is 7. The van der Waals surface area contributed by atoms with E-state index in [-0.39, 0.29) is 5.75 Å². The number of ether oxygens (including phenoxy) is 2. The van der Waals surface area contributed by atoms with Crippen molar-refractivity contribution in [3.8, 4) is 16.9 Å². The predicted octanol–water partition coefficient (Wildman–Crippen LogP) is 4.20. The van der Waals surface area contributed by atoms with Crippen LogP contribution in [-0.4, -0.2) is 70.4 Å². The molecule has 36 heavy (non-hydrogen) atoms. The van der Waals surface area contributed by atoms with Crippen molar-refractivity contribution in [2.75, 3.05) is 44.7 Å². The molecule has 5 rings (SSSR count). The van der Waals surface area contributed by atoms with Crippen molar-refractivity contribution in [3.05, 3.63) is 66.2 Å². The number of fused-ring (bicyclic) bond motifs is 1. The summed E-state index contributed by atoms with van der Waals surface area (Å²) in [4.78, 5) is 15.9. The second-order valence-electron chi connectivity index (χ2n) is 8.61. The molecule has 8 nitrogen and oxygen atoms in total. The third kappa shape index (κ3) is 5.60. The highest BCUT2D eigenvalue weighted by Crippen LogP contribution is 2.27. The molecule has 1 saturated heterocycles. The number of imidazole rings is 1. The van der Waals surface area contributed by atoms with Crippen LogP contribution in [0, 0.1) is 6.92 Å². The molecule has 10 heteroatoms. The first-order valence-corrected chi connectivity index (χ1v) is 11.9. The first-order valence-electron chi connectivity index (χ1n) is 11.9. The molecule has 1 fully saturated rings. The summed E-state index contributed by atoms with van der Waals surface area (Å²) in [5.41, 5.74) is 4.19. The van der Waals surface area contributed by atoms with Crippen LogP contribution in [0.1, 0.15) is 11.4 Å². The monoisotopic (exact) mass is 494 g/mol. The van der Waals surface area contributed by atoms with Gasteiger partial charge in [0.05, 0.1) is 30.8 Å². The van der Waals surface area contributed by atoms with Gasteiger partial charge < -0.3 is 19.4 Å². The number of hydrogen-bond donors (Lipinski definition) is 1. The maximum atomic E-state index is 12.9. The average Bonchev–Trinajstić information content (AvgIpc) is 3.20. The largest absolute Gasteiger partial charge is 0.434 e. The molecule has 0 bridgehead atoms. The van der Waals surface area contributed by atoms with Gasteiger partial charge in [0.1, 0.15) is 11.6 Å². The van der Waals surface area contributed by atoms with E-state index in [4.69, 9.17) is 9.47 Å². The number of aromatic nitrogens is 4. The Morgan fingerprint density at radius 2 is 1.83 bits per heavy atom. The van der Waals surface area contributed by atoms with E-state index >= 15 is 0 Å². The number of alkyl halides is 2. The highest BCUT2D eigenvalue weighted by atomic mass is 19.3. The molecule has 0 radical (unpaired) electrons. The van der Waals surface area contributed by atoms with Gasteiger partial charge in [-0.1, -0.05) is 24.3 Å². The summed E-state index contributed by atoms with van der Waals surface area (Å²) in [6.45, 7) is 4.52. The van der Waals surface area contributed by atoms with Crippen molar-refractivity contribution < 1.29 is 18.3 Å². The highest BCUT2D eigenvalue weighted by Gasteiger charge is 2.14. The molecule has 1 N–H and O–H groups in total. The minimum Gasteiger partial charge on any atom is -0.434 e. The van der Waals surface area contributed by atoms with E-state index in [1.807, 2.05) is 29.7 Å². The summed E-state index contributed by atoms with van der Waals surface area (Å²) in [6, 6.07) is 12.8. The Labute approximate surface area is 207 Å². The van der Waals surface area contributed by atoms with Crippen molar-refractivity contribution in [3.63, 3.8) is 0 Å². The number of nitrogens with zero attached hydrogens (tertiary/aromatic N) is 5. The second-order valence-corrected chi connectivity index (χ2v) is 8.61. The molecule has 1 aliphatic heterocycles. The molecule has 4 aromatic rings. The molecule has 188 valence electrons. The molecule has 2 aromatic carbocycles. The van der Waals surface area contributed by atoms with Crippen LogP contribution >= 0.6 is 0 Å². The lowest BCUT2D eigenvalue weighted by atomic mass is 10.1. The van der Waals surface area contributed by atoms with Crippen molar-refractivity contribution in [1.29, 1.82) is 0 Å². The standard InChI is InChI=1S/C26H28F2N6O2/c1-18-32-22-7-6-19(14-23(22)34(18)17-20-4-2-3-5-24(20)36-25(27)28)21-15-30-26(31-16-21)29-8-9-33-10-12-35-13-11-33/h2-7,14-16,25H,8-13,17H2,1H3,(H,29,30,31). The minimum atomic E-state index is -2.88. The fraction of sp³-hybridized carbons (Fsp3) is 0.346. The molecular weight excluding hydrogens is 466 g/mol. The van der Waals surface area contributed by atoms with Gasteiger partial charge in [0, 0.05) is 49.7 Å². The highest BCUT2D eigenvalue weighted by molar-refractivity contribution is 5.82. The number of morpholine rings is 1. The third-order valence-corrected chi connectivity index (χ3v) is 6.26. The van der Waals surface area contributed by atoms with Gasteiger partial charge in [-0.05, 0) is 30.7 Å². The fourth-order valence-electron chi connectivity index (χ4n) is 4.36. The molecule has 1 aliphatic rings. The van der Waals surface area contributed by atoms with Crippen LogP contribution in [0.25, 0.3) is 22.2 Å². The zero-order valence-corrected chi connectivity index (χ0v) is 20.0. The van der Waals surface area contributed by atoms with Crippen LogP contribution in [0.4, 0.5) is 14.7 Å². The number of anilines is 1. The first-order chi connectivity index (χ1) is 17.6. The third-order valence-electron chi connectivity index (χ3n) is 6.26. The lowest BCUT2D eigenvalue weighted by molar-refractivity contribution is -0.0504. The van der Waals surface area contributed by atoms with Crippen LogP contribution in [0.15, 0.2) is 54.9 Å². The number of aryl methyl sites for hydroxylation is 1. The quantitative estimate of drug-likeness (QED) is 0.374. The summed E-state index contributed by atoms with van der Waals surface area (Å²) in [5.74, 6) is 1.53. The number of nitrogens with one attached hydrogen (secondary N) is 1. The van der Waals surface area contributed by atoms with Crippen LogP contribution in [-0.2, 0) is 11.3 Å². The zero-order chi connectivity index (χ0) is 24.9. The molecule has 0 amide bonds. The second kappa shape index (κ2) is 11.0. The Morgan fingerprint density at radius 3 is 2.61 bits per heavy atom. The Balaban J connectivity index is 1.32. The van der Waals surface area contributed by atoms with Gasteiger partial charge in [-0.2, -0.15) is 8.78 Å². The van der Waals surface area contributed by atoms with Crippen LogP contribution in [0.5, 0.6) is 5.75 Å². The smallest absolute Gasteiger partial charge is 0.387 e.